The van der Waals surface area contributed by atoms with E-state index in [2.05, 4.69) is 10.6 Å². The van der Waals surface area contributed by atoms with E-state index in [1.54, 1.807) is 6.92 Å². The molecule has 1 aromatic carbocycles. The molecule has 0 spiro atoms. The van der Waals surface area contributed by atoms with Gasteiger partial charge < -0.3 is 16.4 Å². The maximum absolute atomic E-state index is 12.6. The van der Waals surface area contributed by atoms with Gasteiger partial charge in [0.1, 0.15) is 4.99 Å². The lowest BCUT2D eigenvalue weighted by Crippen LogP contribution is -2.25. The van der Waals surface area contributed by atoms with Crippen LogP contribution in [0.2, 0.25) is 0 Å². The van der Waals surface area contributed by atoms with Crippen molar-refractivity contribution >= 4 is 28.8 Å². The van der Waals surface area contributed by atoms with Gasteiger partial charge in [-0.1, -0.05) is 12.2 Å². The van der Waals surface area contributed by atoms with Crippen molar-refractivity contribution in [2.45, 2.75) is 19.5 Å². The number of nitrogens with one attached hydrogen (secondary N) is 2. The zero-order valence-corrected chi connectivity index (χ0v) is 12.2. The van der Waals surface area contributed by atoms with E-state index in [-0.39, 0.29) is 29.4 Å². The van der Waals surface area contributed by atoms with Crippen molar-refractivity contribution in [3.8, 4) is 0 Å². The molecule has 0 radical (unpaired) electrons. The molecule has 0 saturated carbocycles. The molecule has 4 N–H and O–H groups in total. The maximum atomic E-state index is 12.6. The first kappa shape index (κ1) is 17.2. The highest BCUT2D eigenvalue weighted by atomic mass is 32.1. The Bertz CT molecular complexity index is 532. The Morgan fingerprint density at radius 3 is 2.57 bits per heavy atom. The smallest absolute Gasteiger partial charge is 0.389 e. The fourth-order valence-electron chi connectivity index (χ4n) is 1.67. The fraction of sp³-hybridized carbons (Fsp3) is 0.385. The van der Waals surface area contributed by atoms with Crippen LogP contribution in [-0.2, 0) is 11.0 Å². The third-order valence-corrected chi connectivity index (χ3v) is 2.87. The number of amides is 1. The van der Waals surface area contributed by atoms with E-state index in [1.807, 2.05) is 0 Å². The monoisotopic (exact) mass is 319 g/mol. The molecule has 1 rings (SSSR count). The molecule has 0 bridgehead atoms. The molecule has 0 aliphatic rings. The number of rotatable bonds is 6. The molecule has 0 unspecified atom stereocenters. The third-order valence-electron chi connectivity index (χ3n) is 2.65. The van der Waals surface area contributed by atoms with Gasteiger partial charge in [-0.05, 0) is 25.1 Å². The van der Waals surface area contributed by atoms with E-state index in [1.165, 1.54) is 6.07 Å². The van der Waals surface area contributed by atoms with Crippen LogP contribution in [0.15, 0.2) is 18.2 Å². The molecule has 0 fully saturated rings. The van der Waals surface area contributed by atoms with Gasteiger partial charge in [0.05, 0.1) is 5.56 Å². The summed E-state index contributed by atoms with van der Waals surface area (Å²) >= 11 is 4.77. The molecule has 0 aliphatic carbocycles. The van der Waals surface area contributed by atoms with Gasteiger partial charge in [0, 0.05) is 30.8 Å². The lowest BCUT2D eigenvalue weighted by molar-refractivity contribution is -0.137. The number of benzene rings is 1. The first-order valence-electron chi connectivity index (χ1n) is 6.27. The van der Waals surface area contributed by atoms with Crippen molar-refractivity contribution in [3.05, 3.63) is 29.3 Å². The molecule has 0 aromatic heterocycles. The first-order chi connectivity index (χ1) is 9.75. The Kier molecular flexibility index (Phi) is 5.95. The van der Waals surface area contributed by atoms with Crippen LogP contribution in [0.4, 0.5) is 18.9 Å². The van der Waals surface area contributed by atoms with Crippen LogP contribution in [0, 0.1) is 0 Å². The third kappa shape index (κ3) is 5.22. The average Bonchev–Trinajstić information content (AvgIpc) is 2.37. The molecule has 0 heterocycles. The summed E-state index contributed by atoms with van der Waals surface area (Å²) in [5.74, 6) is -0.145. The van der Waals surface area contributed by atoms with Crippen molar-refractivity contribution in [3.63, 3.8) is 0 Å². The quantitative estimate of drug-likeness (QED) is 0.704. The van der Waals surface area contributed by atoms with Gasteiger partial charge in [-0.2, -0.15) is 13.2 Å². The molecule has 21 heavy (non-hydrogen) atoms. The summed E-state index contributed by atoms with van der Waals surface area (Å²) in [6.07, 6.45) is -4.26. The molecule has 0 aliphatic heterocycles. The average molecular weight is 319 g/mol. The molecular weight excluding hydrogens is 303 g/mol. The van der Waals surface area contributed by atoms with Crippen LogP contribution in [0.3, 0.4) is 0 Å². The van der Waals surface area contributed by atoms with Crippen LogP contribution < -0.4 is 16.4 Å². The molecular formula is C13H16F3N3OS. The molecule has 4 nitrogen and oxygen atoms in total. The molecule has 0 atom stereocenters. The van der Waals surface area contributed by atoms with Gasteiger partial charge in [-0.15, -0.1) is 0 Å². The number of thiocarbonyl (C=S) groups is 1. The van der Waals surface area contributed by atoms with Crippen LogP contribution in [0.25, 0.3) is 0 Å². The van der Waals surface area contributed by atoms with E-state index in [9.17, 15) is 18.0 Å². The van der Waals surface area contributed by atoms with Gasteiger partial charge in [0.15, 0.2) is 0 Å². The summed E-state index contributed by atoms with van der Waals surface area (Å²) in [5.41, 5.74) is 5.11. The minimum absolute atomic E-state index is 0.107. The summed E-state index contributed by atoms with van der Waals surface area (Å²) in [6.45, 7) is 2.59. The summed E-state index contributed by atoms with van der Waals surface area (Å²) in [7, 11) is 0. The molecule has 116 valence electrons. The Hall–Kier alpha value is -1.83. The number of carbonyl (C=O) groups excluding carboxylic acids is 1. The van der Waals surface area contributed by atoms with Gasteiger partial charge >= 0.3 is 6.18 Å². The SMILES string of the molecule is CCNC(=O)CCNc1ccc(C(F)(F)F)cc1C(N)=S. The maximum Gasteiger partial charge on any atom is 0.416 e. The van der Waals surface area contributed by atoms with Crippen molar-refractivity contribution in [2.75, 3.05) is 18.4 Å². The van der Waals surface area contributed by atoms with Crippen molar-refractivity contribution in [1.82, 2.24) is 5.32 Å². The molecule has 8 heteroatoms. The highest BCUT2D eigenvalue weighted by molar-refractivity contribution is 7.80. The van der Waals surface area contributed by atoms with E-state index in [4.69, 9.17) is 18.0 Å². The van der Waals surface area contributed by atoms with E-state index in [0.29, 0.717) is 12.2 Å². The highest BCUT2D eigenvalue weighted by Gasteiger charge is 2.31. The van der Waals surface area contributed by atoms with Crippen molar-refractivity contribution < 1.29 is 18.0 Å². The van der Waals surface area contributed by atoms with Gasteiger partial charge in [-0.3, -0.25) is 4.79 Å². The predicted octanol–water partition coefficient (Wildman–Crippen LogP) is 2.28. The second kappa shape index (κ2) is 7.26. The predicted molar refractivity (Wildman–Crippen MR) is 79.1 cm³/mol. The summed E-state index contributed by atoms with van der Waals surface area (Å²) in [5, 5.41) is 5.49. The van der Waals surface area contributed by atoms with Gasteiger partial charge in [0.25, 0.3) is 0 Å². The summed E-state index contributed by atoms with van der Waals surface area (Å²) in [6, 6.07) is 3.10. The Balaban J connectivity index is 2.83. The fourth-order valence-corrected chi connectivity index (χ4v) is 1.84. The minimum Gasteiger partial charge on any atom is -0.389 e. The zero-order valence-electron chi connectivity index (χ0n) is 11.4. The number of hydrogen-bond acceptors (Lipinski definition) is 3. The van der Waals surface area contributed by atoms with E-state index in [0.717, 1.165) is 12.1 Å². The van der Waals surface area contributed by atoms with Crippen LogP contribution >= 0.6 is 12.2 Å². The zero-order chi connectivity index (χ0) is 16.0. The lowest BCUT2D eigenvalue weighted by atomic mass is 10.1. The van der Waals surface area contributed by atoms with E-state index < -0.39 is 11.7 Å². The van der Waals surface area contributed by atoms with Crippen molar-refractivity contribution in [1.29, 1.82) is 0 Å². The lowest BCUT2D eigenvalue weighted by Gasteiger charge is -2.14. The summed E-state index contributed by atoms with van der Waals surface area (Å²) in [4.78, 5) is 11.1. The van der Waals surface area contributed by atoms with E-state index >= 15 is 0 Å². The number of anilines is 1. The normalized spacial score (nSPS) is 11.0. The number of carbonyl (C=O) groups is 1. The Morgan fingerprint density at radius 2 is 2.05 bits per heavy atom. The number of halogens is 3. The Labute approximate surface area is 125 Å². The molecule has 1 amide bonds. The number of hydrogen-bond donors (Lipinski definition) is 3. The second-order valence-corrected chi connectivity index (χ2v) is 4.69. The van der Waals surface area contributed by atoms with Crippen LogP contribution in [0.5, 0.6) is 0 Å². The highest BCUT2D eigenvalue weighted by Crippen LogP contribution is 2.31. The number of alkyl halides is 3. The first-order valence-corrected chi connectivity index (χ1v) is 6.68. The van der Waals surface area contributed by atoms with Crippen molar-refractivity contribution in [2.24, 2.45) is 5.73 Å². The second-order valence-electron chi connectivity index (χ2n) is 4.25. The van der Waals surface area contributed by atoms with Crippen LogP contribution in [0.1, 0.15) is 24.5 Å². The number of nitrogens with two attached hydrogens (primary N) is 1. The minimum atomic E-state index is -4.46. The Morgan fingerprint density at radius 1 is 1.38 bits per heavy atom. The topological polar surface area (TPSA) is 67.2 Å². The molecule has 1 aromatic rings. The summed E-state index contributed by atoms with van der Waals surface area (Å²) < 4.78 is 37.9. The van der Waals surface area contributed by atoms with Gasteiger partial charge in [-0.25, -0.2) is 0 Å². The largest absolute Gasteiger partial charge is 0.416 e. The van der Waals surface area contributed by atoms with Crippen LogP contribution in [-0.4, -0.2) is 24.0 Å². The standard InChI is InChI=1S/C13H16F3N3OS/c1-2-18-11(20)5-6-19-10-4-3-8(13(14,15)16)7-9(10)12(17)21/h3-4,7,19H,2,5-6H2,1H3,(H2,17,21)(H,18,20). The molecule has 0 saturated heterocycles. The van der Waals surface area contributed by atoms with Gasteiger partial charge in [0.2, 0.25) is 5.91 Å².